The molecule has 0 aliphatic rings. The fourth-order valence-electron chi connectivity index (χ4n) is 2.80. The van der Waals surface area contributed by atoms with Crippen LogP contribution in [0, 0.1) is 13.8 Å². The average molecular weight is 410 g/mol. The Bertz CT molecular complexity index is 1140. The molecule has 0 radical (unpaired) electrons. The van der Waals surface area contributed by atoms with E-state index in [1.54, 1.807) is 25.1 Å². The molecule has 0 spiro atoms. The molecule has 0 atom stereocenters. The Balaban J connectivity index is 2.01. The largest absolute Gasteiger partial charge is 0.338 e. The molecule has 0 aliphatic carbocycles. The first kappa shape index (κ1) is 20.6. The summed E-state index contributed by atoms with van der Waals surface area (Å²) in [5, 5.41) is 5.65. The Morgan fingerprint density at radius 2 is 1.86 bits per heavy atom. The third-order valence-corrected chi connectivity index (χ3v) is 5.35. The zero-order chi connectivity index (χ0) is 21.0. The van der Waals surface area contributed by atoms with Crippen molar-refractivity contribution in [3.05, 3.63) is 63.9 Å². The molecule has 150 valence electrons. The number of aromatic nitrogens is 2. The van der Waals surface area contributed by atoms with Crippen LogP contribution in [-0.4, -0.2) is 33.8 Å². The first-order valence-electron chi connectivity index (χ1n) is 9.20. The summed E-state index contributed by atoms with van der Waals surface area (Å²) >= 11 is 1.11. The Labute approximate surface area is 172 Å². The molecule has 2 aromatic carbocycles. The number of benzene rings is 2. The number of nitrogens with zero attached hydrogens (tertiary/aromatic N) is 2. The Kier molecular flexibility index (Phi) is 6.33. The number of hydrogen-bond donors (Lipinski definition) is 2. The highest BCUT2D eigenvalue weighted by atomic mass is 32.2. The molecule has 7 nitrogen and oxygen atoms in total. The molecular weight excluding hydrogens is 388 g/mol. The van der Waals surface area contributed by atoms with Gasteiger partial charge in [0.05, 0.1) is 22.3 Å². The van der Waals surface area contributed by atoms with Gasteiger partial charge in [0, 0.05) is 6.54 Å². The normalized spacial score (nSPS) is 10.7. The van der Waals surface area contributed by atoms with Crippen LogP contribution in [0.2, 0.25) is 0 Å². The average Bonchev–Trinajstić information content (AvgIpc) is 2.69. The number of hydrogen-bond acceptors (Lipinski definition) is 5. The van der Waals surface area contributed by atoms with Gasteiger partial charge in [0.15, 0.2) is 5.16 Å². The second-order valence-corrected chi connectivity index (χ2v) is 7.46. The van der Waals surface area contributed by atoms with Crippen molar-refractivity contribution in [3.8, 4) is 5.69 Å². The van der Waals surface area contributed by atoms with Gasteiger partial charge < -0.3 is 5.32 Å². The lowest BCUT2D eigenvalue weighted by molar-refractivity contribution is -0.117. The first-order valence-corrected chi connectivity index (χ1v) is 10.2. The van der Waals surface area contributed by atoms with Gasteiger partial charge in [-0.2, -0.15) is 0 Å². The van der Waals surface area contributed by atoms with Crippen LogP contribution in [0.15, 0.2) is 52.4 Å². The van der Waals surface area contributed by atoms with Gasteiger partial charge in [-0.25, -0.2) is 9.78 Å². The highest BCUT2D eigenvalue weighted by molar-refractivity contribution is 7.99. The summed E-state index contributed by atoms with van der Waals surface area (Å²) in [7, 11) is 0. The van der Waals surface area contributed by atoms with Gasteiger partial charge in [-0.3, -0.25) is 19.5 Å². The number of nitrogens with one attached hydrogen (secondary N) is 2. The van der Waals surface area contributed by atoms with Crippen molar-refractivity contribution in [1.29, 1.82) is 0 Å². The molecule has 3 aromatic rings. The highest BCUT2D eigenvalue weighted by Crippen LogP contribution is 2.22. The van der Waals surface area contributed by atoms with E-state index in [-0.39, 0.29) is 11.3 Å². The molecule has 2 N–H and O–H groups in total. The van der Waals surface area contributed by atoms with Crippen LogP contribution in [0.25, 0.3) is 16.6 Å². The number of fused-ring (bicyclic) bond motifs is 1. The van der Waals surface area contributed by atoms with Crippen molar-refractivity contribution < 1.29 is 9.59 Å². The fraction of sp³-hybridized carbons (Fsp3) is 0.238. The minimum atomic E-state index is -0.545. The zero-order valence-electron chi connectivity index (χ0n) is 16.5. The molecule has 1 heterocycles. The first-order chi connectivity index (χ1) is 13.9. The molecule has 0 unspecified atom stereocenters. The molecule has 0 fully saturated rings. The summed E-state index contributed by atoms with van der Waals surface area (Å²) in [5.41, 5.74) is 3.20. The molecule has 0 saturated carbocycles. The van der Waals surface area contributed by atoms with Crippen LogP contribution in [0.1, 0.15) is 18.1 Å². The number of aryl methyl sites for hydroxylation is 2. The van der Waals surface area contributed by atoms with E-state index in [0.717, 1.165) is 22.9 Å². The maximum Gasteiger partial charge on any atom is 0.321 e. The molecule has 8 heteroatoms. The van der Waals surface area contributed by atoms with Crippen molar-refractivity contribution in [3.63, 3.8) is 0 Å². The van der Waals surface area contributed by atoms with E-state index in [4.69, 9.17) is 0 Å². The lowest BCUT2D eigenvalue weighted by atomic mass is 10.1. The van der Waals surface area contributed by atoms with Crippen molar-refractivity contribution in [2.75, 3.05) is 12.3 Å². The minimum absolute atomic E-state index is 0.0489. The van der Waals surface area contributed by atoms with Crippen LogP contribution < -0.4 is 16.2 Å². The van der Waals surface area contributed by atoms with E-state index < -0.39 is 11.9 Å². The van der Waals surface area contributed by atoms with E-state index in [0.29, 0.717) is 28.3 Å². The van der Waals surface area contributed by atoms with Crippen molar-refractivity contribution in [2.24, 2.45) is 0 Å². The quantitative estimate of drug-likeness (QED) is 0.498. The topological polar surface area (TPSA) is 93.1 Å². The molecule has 1 aromatic heterocycles. The molecule has 3 rings (SSSR count). The van der Waals surface area contributed by atoms with Crippen molar-refractivity contribution >= 4 is 34.6 Å². The van der Waals surface area contributed by atoms with Gasteiger partial charge in [0.1, 0.15) is 0 Å². The predicted octanol–water partition coefficient (Wildman–Crippen LogP) is 2.94. The SMILES string of the molecule is CCNC(=O)NC(=O)CSc1nc2ccccc2c(=O)n1-c1ccc(C)c(C)c1. The number of para-hydroxylation sites is 1. The summed E-state index contributed by atoms with van der Waals surface area (Å²) in [6.45, 7) is 6.16. The molecule has 0 saturated heterocycles. The minimum Gasteiger partial charge on any atom is -0.338 e. The van der Waals surface area contributed by atoms with E-state index in [9.17, 15) is 14.4 Å². The van der Waals surface area contributed by atoms with Gasteiger partial charge >= 0.3 is 6.03 Å². The maximum absolute atomic E-state index is 13.2. The summed E-state index contributed by atoms with van der Waals surface area (Å²) in [6.07, 6.45) is 0. The lowest BCUT2D eigenvalue weighted by Crippen LogP contribution is -2.40. The Morgan fingerprint density at radius 1 is 1.10 bits per heavy atom. The number of carbonyl (C=O) groups is 2. The lowest BCUT2D eigenvalue weighted by Gasteiger charge is -2.14. The molecule has 3 amide bonds. The second-order valence-electron chi connectivity index (χ2n) is 6.52. The van der Waals surface area contributed by atoms with E-state index in [1.807, 2.05) is 38.1 Å². The van der Waals surface area contributed by atoms with Crippen LogP contribution >= 0.6 is 11.8 Å². The number of thioether (sulfide) groups is 1. The molecule has 29 heavy (non-hydrogen) atoms. The summed E-state index contributed by atoms with van der Waals surface area (Å²) < 4.78 is 1.51. The fourth-order valence-corrected chi connectivity index (χ4v) is 3.61. The number of urea groups is 1. The second kappa shape index (κ2) is 8.91. The molecular formula is C21H22N4O3S. The van der Waals surface area contributed by atoms with Gasteiger partial charge in [-0.15, -0.1) is 0 Å². The molecule has 0 bridgehead atoms. The monoisotopic (exact) mass is 410 g/mol. The van der Waals surface area contributed by atoms with Crippen LogP contribution in [0.3, 0.4) is 0 Å². The van der Waals surface area contributed by atoms with Crippen LogP contribution in [0.5, 0.6) is 0 Å². The Hall–Kier alpha value is -3.13. The predicted molar refractivity (Wildman–Crippen MR) is 115 cm³/mol. The maximum atomic E-state index is 13.2. The third kappa shape index (κ3) is 4.65. The highest BCUT2D eigenvalue weighted by Gasteiger charge is 2.16. The number of imide groups is 1. The van der Waals surface area contributed by atoms with E-state index >= 15 is 0 Å². The van der Waals surface area contributed by atoms with Gasteiger partial charge in [-0.05, 0) is 56.2 Å². The van der Waals surface area contributed by atoms with E-state index in [1.165, 1.54) is 4.57 Å². The smallest absolute Gasteiger partial charge is 0.321 e. The van der Waals surface area contributed by atoms with E-state index in [2.05, 4.69) is 15.6 Å². The third-order valence-electron chi connectivity index (χ3n) is 4.42. The van der Waals surface area contributed by atoms with Gasteiger partial charge in [0.25, 0.3) is 5.56 Å². The van der Waals surface area contributed by atoms with Gasteiger partial charge in [0.2, 0.25) is 5.91 Å². The van der Waals surface area contributed by atoms with Crippen LogP contribution in [0.4, 0.5) is 4.79 Å². The van der Waals surface area contributed by atoms with Crippen LogP contribution in [-0.2, 0) is 4.79 Å². The molecule has 0 aliphatic heterocycles. The standard InChI is InChI=1S/C21H22N4O3S/c1-4-22-20(28)24-18(26)12-29-21-23-17-8-6-5-7-16(17)19(27)25(21)15-10-9-13(2)14(3)11-15/h5-11H,4,12H2,1-3H3,(H2,22,24,26,28). The summed E-state index contributed by atoms with van der Waals surface area (Å²) in [6, 6.07) is 12.3. The summed E-state index contributed by atoms with van der Waals surface area (Å²) in [4.78, 5) is 41.4. The van der Waals surface area contributed by atoms with Crippen molar-refractivity contribution in [2.45, 2.75) is 25.9 Å². The number of rotatable bonds is 5. The van der Waals surface area contributed by atoms with Crippen molar-refractivity contribution in [1.82, 2.24) is 20.2 Å². The number of amides is 3. The van der Waals surface area contributed by atoms with Gasteiger partial charge in [-0.1, -0.05) is 30.0 Å². The summed E-state index contributed by atoms with van der Waals surface area (Å²) in [5.74, 6) is -0.512. The number of carbonyl (C=O) groups excluding carboxylic acids is 2. The Morgan fingerprint density at radius 3 is 2.59 bits per heavy atom. The zero-order valence-corrected chi connectivity index (χ0v) is 17.3.